The van der Waals surface area contributed by atoms with Gasteiger partial charge >= 0.3 is 17.9 Å². The van der Waals surface area contributed by atoms with Gasteiger partial charge in [-0.3, -0.25) is 29.1 Å². The maximum absolute atomic E-state index is 11.6. The van der Waals surface area contributed by atoms with E-state index in [1.54, 1.807) is 26.8 Å². The second-order valence-electron chi connectivity index (χ2n) is 8.00. The normalized spacial score (nSPS) is 19.4. The fourth-order valence-corrected chi connectivity index (χ4v) is 3.96. The molecule has 1 unspecified atom stereocenters. The molecule has 186 valence electrons. The summed E-state index contributed by atoms with van der Waals surface area (Å²) < 4.78 is 5.66. The molecule has 1 aromatic rings. The minimum atomic E-state index is -1.01. The number of hydrogen-bond acceptors (Lipinski definition) is 9. The van der Waals surface area contributed by atoms with Crippen LogP contribution in [0.25, 0.3) is 0 Å². The van der Waals surface area contributed by atoms with Gasteiger partial charge in [0, 0.05) is 38.8 Å². The van der Waals surface area contributed by atoms with Crippen molar-refractivity contribution in [3.05, 3.63) is 29.8 Å². The fraction of sp³-hybridized carbons (Fsp3) is 0.545. The molecule has 1 atom stereocenters. The fourth-order valence-electron chi connectivity index (χ4n) is 3.85. The van der Waals surface area contributed by atoms with Gasteiger partial charge in [0.1, 0.15) is 0 Å². The van der Waals surface area contributed by atoms with Crippen molar-refractivity contribution in [1.29, 1.82) is 0 Å². The lowest BCUT2D eigenvalue weighted by atomic mass is 10.0. The van der Waals surface area contributed by atoms with Gasteiger partial charge in [-0.25, -0.2) is 0 Å². The number of rotatable bonds is 9. The van der Waals surface area contributed by atoms with Gasteiger partial charge in [0.15, 0.2) is 0 Å². The van der Waals surface area contributed by atoms with E-state index in [-0.39, 0.29) is 32.3 Å². The minimum Gasteiger partial charge on any atom is -0.480 e. The van der Waals surface area contributed by atoms with E-state index in [2.05, 4.69) is 22.4 Å². The van der Waals surface area contributed by atoms with E-state index in [9.17, 15) is 29.7 Å². The highest BCUT2D eigenvalue weighted by atomic mass is 32.1. The third kappa shape index (κ3) is 10.5. The van der Waals surface area contributed by atoms with Crippen molar-refractivity contribution in [2.75, 3.05) is 65.6 Å². The number of carbonyl (C=O) groups is 3. The summed E-state index contributed by atoms with van der Waals surface area (Å²) >= 11 is 4.62. The van der Waals surface area contributed by atoms with Crippen LogP contribution in [0, 0.1) is 0 Å². The number of aliphatic carboxylic acids is 3. The first-order valence-corrected chi connectivity index (χ1v) is 11.3. The van der Waals surface area contributed by atoms with Gasteiger partial charge in [0.05, 0.1) is 43.7 Å². The molecule has 1 aliphatic rings. The van der Waals surface area contributed by atoms with Crippen molar-refractivity contribution in [2.45, 2.75) is 12.5 Å². The van der Waals surface area contributed by atoms with E-state index < -0.39 is 17.9 Å². The van der Waals surface area contributed by atoms with Crippen molar-refractivity contribution in [2.24, 2.45) is 4.99 Å². The van der Waals surface area contributed by atoms with Gasteiger partial charge < -0.3 is 20.1 Å². The molecule has 0 radical (unpaired) electrons. The molecule has 1 aliphatic heterocycles. The minimum absolute atomic E-state index is 0.171. The Bertz CT molecular complexity index is 877. The first-order chi connectivity index (χ1) is 16.3. The molecule has 3 N–H and O–H groups in total. The summed E-state index contributed by atoms with van der Waals surface area (Å²) in [4.78, 5) is 43.5. The van der Waals surface area contributed by atoms with Crippen LogP contribution in [-0.4, -0.2) is 125 Å². The second-order valence-corrected chi connectivity index (χ2v) is 8.19. The smallest absolute Gasteiger partial charge is 0.317 e. The number of hydrogen-bond donors (Lipinski definition) is 3. The average Bonchev–Trinajstić information content (AvgIpc) is 2.75. The Morgan fingerprint density at radius 3 is 2.12 bits per heavy atom. The van der Waals surface area contributed by atoms with Crippen LogP contribution < -0.4 is 0 Å². The van der Waals surface area contributed by atoms with Crippen LogP contribution in [0.2, 0.25) is 0 Å². The first-order valence-electron chi connectivity index (χ1n) is 10.9. The molecule has 1 aromatic carbocycles. The van der Waals surface area contributed by atoms with Crippen molar-refractivity contribution in [1.82, 2.24) is 14.7 Å². The van der Waals surface area contributed by atoms with E-state index in [1.807, 2.05) is 12.1 Å². The summed E-state index contributed by atoms with van der Waals surface area (Å²) in [5.74, 6) is -2.96. The molecule has 0 saturated carbocycles. The Kier molecular flexibility index (Phi) is 11.7. The number of aliphatic imine (C=N–C) groups is 1. The lowest BCUT2D eigenvalue weighted by Crippen LogP contribution is -2.51. The largest absolute Gasteiger partial charge is 0.480 e. The van der Waals surface area contributed by atoms with Crippen LogP contribution in [0.1, 0.15) is 5.56 Å². The lowest BCUT2D eigenvalue weighted by Gasteiger charge is -2.36. The average molecular weight is 495 g/mol. The Morgan fingerprint density at radius 2 is 1.50 bits per heavy atom. The van der Waals surface area contributed by atoms with E-state index in [4.69, 9.17) is 4.74 Å². The van der Waals surface area contributed by atoms with Gasteiger partial charge in [-0.2, -0.15) is 4.99 Å². The van der Waals surface area contributed by atoms with Crippen LogP contribution in [0.15, 0.2) is 29.3 Å². The lowest BCUT2D eigenvalue weighted by molar-refractivity contribution is -0.141. The molecule has 2 rings (SSSR count). The standard InChI is InChI=1S/C22H30N4O7S/c27-20(28)13-24-5-6-25(14-21(29)30)12-19(11-17-1-3-18(4-2-17)23-16-34)26(15-22(31)32)8-10-33-9-7-24/h1-4,19H,5-15H2,(H,27,28)(H,29,30)(H,31,32). The Labute approximate surface area is 203 Å². The number of ether oxygens (including phenoxy) is 1. The van der Waals surface area contributed by atoms with Crippen molar-refractivity contribution in [3.8, 4) is 0 Å². The van der Waals surface area contributed by atoms with Gasteiger partial charge in [0.25, 0.3) is 0 Å². The van der Waals surface area contributed by atoms with Gasteiger partial charge in [-0.1, -0.05) is 12.1 Å². The van der Waals surface area contributed by atoms with Gasteiger partial charge in [0.2, 0.25) is 0 Å². The predicted molar refractivity (Wildman–Crippen MR) is 127 cm³/mol. The number of carboxylic acid groups (broad SMARTS) is 3. The Balaban J connectivity index is 2.29. The van der Waals surface area contributed by atoms with Crippen molar-refractivity contribution >= 4 is 41.0 Å². The zero-order valence-electron chi connectivity index (χ0n) is 18.8. The SMILES string of the molecule is O=C(O)CN1CCOCCN(CC(=O)O)C(Cc2ccc(N=C=S)cc2)CN(CC(=O)O)CC1. The molecular formula is C22H30N4O7S. The summed E-state index contributed by atoms with van der Waals surface area (Å²) in [6.07, 6.45) is 0.476. The van der Waals surface area contributed by atoms with E-state index in [0.717, 1.165) is 5.56 Å². The van der Waals surface area contributed by atoms with Gasteiger partial charge in [-0.15, -0.1) is 0 Å². The van der Waals surface area contributed by atoms with Crippen LogP contribution in [0.5, 0.6) is 0 Å². The monoisotopic (exact) mass is 494 g/mol. The zero-order valence-corrected chi connectivity index (χ0v) is 19.7. The molecule has 12 heteroatoms. The van der Waals surface area contributed by atoms with Crippen LogP contribution in [0.3, 0.4) is 0 Å². The molecule has 1 fully saturated rings. The highest BCUT2D eigenvalue weighted by Crippen LogP contribution is 2.17. The Hall–Kier alpha value is -2.73. The quantitative estimate of drug-likeness (QED) is 0.326. The molecule has 0 amide bonds. The summed E-state index contributed by atoms with van der Waals surface area (Å²) in [6.45, 7) is 1.61. The Morgan fingerprint density at radius 1 is 0.912 bits per heavy atom. The van der Waals surface area contributed by atoms with Crippen LogP contribution >= 0.6 is 12.2 Å². The number of carboxylic acids is 3. The van der Waals surface area contributed by atoms with E-state index in [0.29, 0.717) is 51.4 Å². The van der Waals surface area contributed by atoms with Crippen molar-refractivity contribution in [3.63, 3.8) is 0 Å². The highest BCUT2D eigenvalue weighted by molar-refractivity contribution is 7.78. The zero-order chi connectivity index (χ0) is 24.9. The molecule has 0 aromatic heterocycles. The third-order valence-corrected chi connectivity index (χ3v) is 5.52. The number of benzene rings is 1. The molecule has 34 heavy (non-hydrogen) atoms. The van der Waals surface area contributed by atoms with Crippen LogP contribution in [-0.2, 0) is 25.5 Å². The predicted octanol–water partition coefficient (Wildman–Crippen LogP) is 0.522. The van der Waals surface area contributed by atoms with E-state index >= 15 is 0 Å². The van der Waals surface area contributed by atoms with Crippen LogP contribution in [0.4, 0.5) is 5.69 Å². The van der Waals surface area contributed by atoms with Gasteiger partial charge in [-0.05, 0) is 36.3 Å². The number of isothiocyanates is 1. The molecular weight excluding hydrogens is 464 g/mol. The summed E-state index contributed by atoms with van der Waals surface area (Å²) in [6, 6.07) is 6.99. The summed E-state index contributed by atoms with van der Waals surface area (Å²) in [5.41, 5.74) is 1.58. The molecule has 11 nitrogen and oxygen atoms in total. The first kappa shape index (κ1) is 27.5. The summed E-state index contributed by atoms with van der Waals surface area (Å²) in [5, 5.41) is 30.4. The topological polar surface area (TPSA) is 143 Å². The molecule has 0 spiro atoms. The maximum Gasteiger partial charge on any atom is 0.317 e. The molecule has 0 bridgehead atoms. The molecule has 0 aliphatic carbocycles. The third-order valence-electron chi connectivity index (χ3n) is 5.43. The number of nitrogens with zero attached hydrogens (tertiary/aromatic N) is 4. The molecule has 1 saturated heterocycles. The summed E-state index contributed by atoms with van der Waals surface area (Å²) in [7, 11) is 0. The number of thiocarbonyl (C=S) groups is 1. The molecule has 1 heterocycles. The maximum atomic E-state index is 11.6. The highest BCUT2D eigenvalue weighted by Gasteiger charge is 2.26. The van der Waals surface area contributed by atoms with Crippen molar-refractivity contribution < 1.29 is 34.4 Å². The second kappa shape index (κ2) is 14.5. The van der Waals surface area contributed by atoms with E-state index in [1.165, 1.54) is 0 Å².